The highest BCUT2D eigenvalue weighted by molar-refractivity contribution is 9.10. The molecule has 0 aliphatic carbocycles. The zero-order valence-electron chi connectivity index (χ0n) is 9.10. The molecular weight excluding hydrogens is 289 g/mol. The van der Waals surface area contributed by atoms with E-state index < -0.39 is 0 Å². The number of halogens is 2. The molecule has 16 heavy (non-hydrogen) atoms. The molecule has 2 rings (SSSR count). The summed E-state index contributed by atoms with van der Waals surface area (Å²) in [5.74, 6) is 0.688. The predicted octanol–water partition coefficient (Wildman–Crippen LogP) is 2.05. The molecule has 1 fully saturated rings. The molecule has 0 radical (unpaired) electrons. The van der Waals surface area contributed by atoms with Gasteiger partial charge in [0.1, 0.15) is 4.60 Å². The van der Waals surface area contributed by atoms with Crippen molar-refractivity contribution in [1.29, 1.82) is 0 Å². The van der Waals surface area contributed by atoms with Crippen LogP contribution >= 0.6 is 28.3 Å². The first kappa shape index (κ1) is 13.9. The zero-order chi connectivity index (χ0) is 10.7. The molecule has 1 unspecified atom stereocenters. The van der Waals surface area contributed by atoms with Crippen molar-refractivity contribution in [3.05, 3.63) is 28.5 Å². The number of hydrogen-bond donors (Lipinski definition) is 1. The summed E-state index contributed by atoms with van der Waals surface area (Å²) in [5, 5.41) is 0. The Morgan fingerprint density at radius 3 is 2.88 bits per heavy atom. The monoisotopic (exact) mass is 305 g/mol. The van der Waals surface area contributed by atoms with Gasteiger partial charge < -0.3 is 5.73 Å². The Labute approximate surface area is 111 Å². The first-order valence-corrected chi connectivity index (χ1v) is 6.10. The molecule has 1 aliphatic heterocycles. The van der Waals surface area contributed by atoms with Crippen LogP contribution in [0.2, 0.25) is 0 Å². The van der Waals surface area contributed by atoms with Gasteiger partial charge in [0, 0.05) is 19.3 Å². The van der Waals surface area contributed by atoms with Crippen molar-refractivity contribution in [3.63, 3.8) is 0 Å². The molecule has 3 nitrogen and oxygen atoms in total. The molecule has 0 amide bonds. The van der Waals surface area contributed by atoms with Crippen LogP contribution in [0.4, 0.5) is 0 Å². The Hall–Kier alpha value is -0.160. The second-order valence-corrected chi connectivity index (χ2v) is 4.93. The summed E-state index contributed by atoms with van der Waals surface area (Å²) in [4.78, 5) is 6.67. The van der Waals surface area contributed by atoms with E-state index >= 15 is 0 Å². The number of rotatable bonds is 3. The summed E-state index contributed by atoms with van der Waals surface area (Å²) in [6.07, 6.45) is 3.17. The SMILES string of the molecule is Cl.NCC1CCN(Cc2ccc(Br)nc2)C1. The number of nitrogens with two attached hydrogens (primary N) is 1. The first-order chi connectivity index (χ1) is 7.28. The summed E-state index contributed by atoms with van der Waals surface area (Å²) in [6, 6.07) is 4.11. The van der Waals surface area contributed by atoms with Crippen molar-refractivity contribution in [1.82, 2.24) is 9.88 Å². The van der Waals surface area contributed by atoms with Crippen molar-refractivity contribution in [2.24, 2.45) is 11.7 Å². The third-order valence-corrected chi connectivity index (χ3v) is 3.37. The minimum Gasteiger partial charge on any atom is -0.330 e. The third-order valence-electron chi connectivity index (χ3n) is 2.90. The van der Waals surface area contributed by atoms with Gasteiger partial charge in [0.25, 0.3) is 0 Å². The van der Waals surface area contributed by atoms with Gasteiger partial charge in [-0.1, -0.05) is 6.07 Å². The van der Waals surface area contributed by atoms with E-state index in [0.29, 0.717) is 5.92 Å². The molecule has 1 aliphatic rings. The normalized spacial score (nSPS) is 20.8. The van der Waals surface area contributed by atoms with E-state index in [1.165, 1.54) is 12.0 Å². The molecule has 5 heteroatoms. The highest BCUT2D eigenvalue weighted by Gasteiger charge is 2.20. The van der Waals surface area contributed by atoms with E-state index in [-0.39, 0.29) is 12.4 Å². The lowest BCUT2D eigenvalue weighted by Crippen LogP contribution is -2.22. The number of nitrogens with zero attached hydrogens (tertiary/aromatic N) is 2. The molecular formula is C11H17BrClN3. The highest BCUT2D eigenvalue weighted by Crippen LogP contribution is 2.17. The van der Waals surface area contributed by atoms with Crippen LogP contribution in [0.15, 0.2) is 22.9 Å². The molecule has 0 bridgehead atoms. The fraction of sp³-hybridized carbons (Fsp3) is 0.545. The number of pyridine rings is 1. The van der Waals surface area contributed by atoms with Crippen molar-refractivity contribution >= 4 is 28.3 Å². The summed E-state index contributed by atoms with van der Waals surface area (Å²) in [5.41, 5.74) is 6.94. The fourth-order valence-corrected chi connectivity index (χ4v) is 2.24. The van der Waals surface area contributed by atoms with E-state index in [2.05, 4.69) is 31.9 Å². The van der Waals surface area contributed by atoms with Crippen molar-refractivity contribution in [3.8, 4) is 0 Å². The fourth-order valence-electron chi connectivity index (χ4n) is 2.01. The minimum atomic E-state index is 0. The summed E-state index contributed by atoms with van der Waals surface area (Å²) in [6.45, 7) is 4.11. The van der Waals surface area contributed by atoms with Crippen molar-refractivity contribution in [2.75, 3.05) is 19.6 Å². The Morgan fingerprint density at radius 2 is 2.31 bits per heavy atom. The molecule has 2 heterocycles. The van der Waals surface area contributed by atoms with Gasteiger partial charge in [-0.25, -0.2) is 4.98 Å². The van der Waals surface area contributed by atoms with Gasteiger partial charge in [-0.3, -0.25) is 4.90 Å². The van der Waals surface area contributed by atoms with Crippen LogP contribution in [0.5, 0.6) is 0 Å². The lowest BCUT2D eigenvalue weighted by atomic mass is 10.1. The third kappa shape index (κ3) is 3.70. The lowest BCUT2D eigenvalue weighted by Gasteiger charge is -2.15. The smallest absolute Gasteiger partial charge is 0.106 e. The average Bonchev–Trinajstić information content (AvgIpc) is 2.69. The van der Waals surface area contributed by atoms with E-state index in [9.17, 15) is 0 Å². The average molecular weight is 307 g/mol. The van der Waals surface area contributed by atoms with Gasteiger partial charge in [-0.05, 0) is 53.0 Å². The van der Waals surface area contributed by atoms with Crippen LogP contribution in [0.3, 0.4) is 0 Å². The molecule has 1 atom stereocenters. The van der Waals surface area contributed by atoms with Gasteiger partial charge in [0.05, 0.1) is 0 Å². The molecule has 0 aromatic carbocycles. The van der Waals surface area contributed by atoms with E-state index in [1.54, 1.807) is 0 Å². The van der Waals surface area contributed by atoms with Gasteiger partial charge in [-0.2, -0.15) is 0 Å². The van der Waals surface area contributed by atoms with Gasteiger partial charge in [0.15, 0.2) is 0 Å². The maximum atomic E-state index is 5.66. The first-order valence-electron chi connectivity index (χ1n) is 5.31. The number of likely N-dealkylation sites (tertiary alicyclic amines) is 1. The van der Waals surface area contributed by atoms with Gasteiger partial charge in [0.2, 0.25) is 0 Å². The van der Waals surface area contributed by atoms with Crippen molar-refractivity contribution in [2.45, 2.75) is 13.0 Å². The Bertz CT molecular complexity index is 318. The number of hydrogen-bond acceptors (Lipinski definition) is 3. The van der Waals surface area contributed by atoms with Crippen LogP contribution in [-0.2, 0) is 6.54 Å². The zero-order valence-corrected chi connectivity index (χ0v) is 11.5. The van der Waals surface area contributed by atoms with Crippen LogP contribution < -0.4 is 5.73 Å². The van der Waals surface area contributed by atoms with Crippen LogP contribution in [0.1, 0.15) is 12.0 Å². The maximum Gasteiger partial charge on any atom is 0.106 e. The molecule has 1 aromatic rings. The summed E-state index contributed by atoms with van der Waals surface area (Å²) < 4.78 is 0.896. The lowest BCUT2D eigenvalue weighted by molar-refractivity contribution is 0.317. The summed E-state index contributed by atoms with van der Waals surface area (Å²) in [7, 11) is 0. The number of aromatic nitrogens is 1. The molecule has 2 N–H and O–H groups in total. The molecule has 1 saturated heterocycles. The Kier molecular flexibility index (Phi) is 5.69. The quantitative estimate of drug-likeness (QED) is 0.869. The highest BCUT2D eigenvalue weighted by atomic mass is 79.9. The van der Waals surface area contributed by atoms with E-state index in [1.807, 2.05) is 12.3 Å². The standard InChI is InChI=1S/C11H16BrN3.ClH/c12-11-2-1-10(6-14-11)8-15-4-3-9(5-13)7-15;/h1-2,6,9H,3-5,7-8,13H2;1H. The van der Waals surface area contributed by atoms with Gasteiger partial charge in [-0.15, -0.1) is 12.4 Å². The minimum absolute atomic E-state index is 0. The molecule has 0 spiro atoms. The molecule has 0 saturated carbocycles. The topological polar surface area (TPSA) is 42.1 Å². The van der Waals surface area contributed by atoms with Gasteiger partial charge >= 0.3 is 0 Å². The van der Waals surface area contributed by atoms with Crippen LogP contribution in [0, 0.1) is 5.92 Å². The Balaban J connectivity index is 0.00000128. The second-order valence-electron chi connectivity index (χ2n) is 4.11. The maximum absolute atomic E-state index is 5.66. The molecule has 1 aromatic heterocycles. The Morgan fingerprint density at radius 1 is 1.50 bits per heavy atom. The van der Waals surface area contributed by atoms with Crippen LogP contribution in [-0.4, -0.2) is 29.5 Å². The van der Waals surface area contributed by atoms with E-state index in [4.69, 9.17) is 5.73 Å². The van der Waals surface area contributed by atoms with E-state index in [0.717, 1.165) is 30.8 Å². The van der Waals surface area contributed by atoms with Crippen LogP contribution in [0.25, 0.3) is 0 Å². The second kappa shape index (κ2) is 6.55. The largest absolute Gasteiger partial charge is 0.330 e. The summed E-state index contributed by atoms with van der Waals surface area (Å²) >= 11 is 3.34. The van der Waals surface area contributed by atoms with Crippen molar-refractivity contribution < 1.29 is 0 Å². The predicted molar refractivity (Wildman–Crippen MR) is 71.6 cm³/mol. The molecule has 90 valence electrons.